The first kappa shape index (κ1) is 16.0. The van der Waals surface area contributed by atoms with E-state index in [0.29, 0.717) is 6.61 Å². The second-order valence-corrected chi connectivity index (χ2v) is 8.98. The van der Waals surface area contributed by atoms with Crippen LogP contribution in [0, 0.1) is 0 Å². The van der Waals surface area contributed by atoms with Gasteiger partial charge < -0.3 is 18.0 Å². The van der Waals surface area contributed by atoms with Crippen molar-refractivity contribution >= 4 is 26.5 Å². The molecule has 5 nitrogen and oxygen atoms in total. The molecule has 0 bridgehead atoms. The van der Waals surface area contributed by atoms with Crippen LogP contribution in [-0.4, -0.2) is 53.2 Å². The van der Waals surface area contributed by atoms with Crippen LogP contribution in [0.2, 0.25) is 6.04 Å². The number of carbonyl (C=O) groups is 1. The number of ether oxygens (including phenoxy) is 1. The second-order valence-electron chi connectivity index (χ2n) is 4.41. The molecule has 0 amide bonds. The first-order valence-electron chi connectivity index (χ1n) is 5.98. The second kappa shape index (κ2) is 6.90. The number of carbonyl (C=O) groups excluding carboxylic acids is 1. The van der Waals surface area contributed by atoms with Gasteiger partial charge in [0.2, 0.25) is 0 Å². The lowest BCUT2D eigenvalue weighted by atomic mass is 10.2. The van der Waals surface area contributed by atoms with Crippen molar-refractivity contribution in [2.75, 3.05) is 33.7 Å². The molecule has 1 aliphatic rings. The minimum absolute atomic E-state index is 0.0961. The normalized spacial score (nSPS) is 22.9. The van der Waals surface area contributed by atoms with Gasteiger partial charge in [0, 0.05) is 33.1 Å². The van der Waals surface area contributed by atoms with Crippen LogP contribution in [0.25, 0.3) is 0 Å². The largest absolute Gasteiger partial charge is 0.500 e. The molecule has 18 heavy (non-hydrogen) atoms. The van der Waals surface area contributed by atoms with Gasteiger partial charge in [0.05, 0.1) is 6.61 Å². The van der Waals surface area contributed by atoms with Gasteiger partial charge in [-0.05, 0) is 19.8 Å². The Kier molecular flexibility index (Phi) is 6.13. The molecule has 1 rings (SSSR count). The number of rotatable bonds is 9. The van der Waals surface area contributed by atoms with Gasteiger partial charge in [-0.25, -0.2) is 0 Å². The molecule has 1 unspecified atom stereocenters. The molecule has 0 aromatic carbocycles. The monoisotopic (exact) mass is 294 g/mol. The van der Waals surface area contributed by atoms with Gasteiger partial charge in [-0.15, -0.1) is 11.8 Å². The molecule has 0 N–H and O–H groups in total. The van der Waals surface area contributed by atoms with Gasteiger partial charge >= 0.3 is 14.8 Å². The molecule has 0 aromatic heterocycles. The molecule has 1 aliphatic heterocycles. The lowest BCUT2D eigenvalue weighted by molar-refractivity contribution is -0.144. The minimum atomic E-state index is -2.46. The van der Waals surface area contributed by atoms with Crippen molar-refractivity contribution in [2.24, 2.45) is 0 Å². The highest BCUT2D eigenvalue weighted by atomic mass is 32.2. The third-order valence-corrected chi connectivity index (χ3v) is 7.21. The van der Waals surface area contributed by atoms with E-state index in [1.165, 1.54) is 0 Å². The Balaban J connectivity index is 2.12. The first-order valence-corrected chi connectivity index (χ1v) is 8.90. The summed E-state index contributed by atoms with van der Waals surface area (Å²) in [4.78, 5) is 11.5. The number of unbranched alkanes of at least 4 members (excludes halogenated alkanes) is 1. The smallest absolute Gasteiger partial charge is 0.465 e. The summed E-state index contributed by atoms with van der Waals surface area (Å²) in [6, 6.07) is 0.736. The Bertz CT molecular complexity index is 270. The zero-order valence-corrected chi connectivity index (χ0v) is 13.3. The SMILES string of the molecule is CO[Si](CCCCOC(=O)C1(C)CS1)(OC)OC. The third-order valence-electron chi connectivity index (χ3n) is 3.05. The summed E-state index contributed by atoms with van der Waals surface area (Å²) in [5.74, 6) is 0.778. The molecule has 0 aromatic rings. The molecule has 7 heteroatoms. The Labute approximate surface area is 114 Å². The Morgan fingerprint density at radius 3 is 2.22 bits per heavy atom. The fourth-order valence-corrected chi connectivity index (χ4v) is 3.85. The molecular formula is C11H22O5SSi. The van der Waals surface area contributed by atoms with E-state index in [2.05, 4.69) is 0 Å². The van der Waals surface area contributed by atoms with Crippen molar-refractivity contribution in [1.29, 1.82) is 0 Å². The molecule has 1 heterocycles. The molecule has 0 aliphatic carbocycles. The van der Waals surface area contributed by atoms with E-state index in [1.54, 1.807) is 33.1 Å². The molecule has 0 spiro atoms. The highest BCUT2D eigenvalue weighted by molar-refractivity contribution is 8.08. The van der Waals surface area contributed by atoms with Crippen molar-refractivity contribution in [3.8, 4) is 0 Å². The van der Waals surface area contributed by atoms with Gasteiger partial charge in [0.25, 0.3) is 0 Å². The maximum atomic E-state index is 11.5. The lowest BCUT2D eigenvalue weighted by Crippen LogP contribution is -2.42. The maximum Gasteiger partial charge on any atom is 0.500 e. The van der Waals surface area contributed by atoms with Crippen LogP contribution in [0.15, 0.2) is 0 Å². The standard InChI is InChI=1S/C11H22O5SSi/c1-11(9-17-11)10(12)16-7-5-6-8-18(13-2,14-3)15-4/h5-9H2,1-4H3. The van der Waals surface area contributed by atoms with Gasteiger partial charge in [0.15, 0.2) is 0 Å². The third kappa shape index (κ3) is 4.24. The van der Waals surface area contributed by atoms with Crippen molar-refractivity contribution in [3.05, 3.63) is 0 Å². The Morgan fingerprint density at radius 1 is 1.22 bits per heavy atom. The summed E-state index contributed by atoms with van der Waals surface area (Å²) in [5, 5.41) is 0. The van der Waals surface area contributed by atoms with Crippen LogP contribution < -0.4 is 0 Å². The number of hydrogen-bond acceptors (Lipinski definition) is 6. The molecule has 1 atom stereocenters. The van der Waals surface area contributed by atoms with Gasteiger partial charge in [-0.2, -0.15) is 0 Å². The summed E-state index contributed by atoms with van der Waals surface area (Å²) in [6.07, 6.45) is 1.66. The lowest BCUT2D eigenvalue weighted by Gasteiger charge is -2.24. The van der Waals surface area contributed by atoms with Crippen LogP contribution in [-0.2, 0) is 22.8 Å². The maximum absolute atomic E-state index is 11.5. The summed E-state index contributed by atoms with van der Waals surface area (Å²) in [6.45, 7) is 2.37. The highest BCUT2D eigenvalue weighted by Gasteiger charge is 2.48. The van der Waals surface area contributed by atoms with Crippen LogP contribution >= 0.6 is 11.8 Å². The molecule has 0 radical (unpaired) electrons. The van der Waals surface area contributed by atoms with Crippen LogP contribution in [0.1, 0.15) is 19.8 Å². The average Bonchev–Trinajstić information content (AvgIpc) is 3.14. The molecule has 106 valence electrons. The van der Waals surface area contributed by atoms with Gasteiger partial charge in [-0.3, -0.25) is 4.79 Å². The quantitative estimate of drug-likeness (QED) is 0.279. The van der Waals surface area contributed by atoms with E-state index in [-0.39, 0.29) is 10.7 Å². The van der Waals surface area contributed by atoms with Crippen molar-refractivity contribution in [1.82, 2.24) is 0 Å². The van der Waals surface area contributed by atoms with E-state index >= 15 is 0 Å². The van der Waals surface area contributed by atoms with Crippen LogP contribution in [0.3, 0.4) is 0 Å². The topological polar surface area (TPSA) is 54.0 Å². The zero-order valence-electron chi connectivity index (χ0n) is 11.5. The van der Waals surface area contributed by atoms with Crippen molar-refractivity contribution in [2.45, 2.75) is 30.6 Å². The minimum Gasteiger partial charge on any atom is -0.465 e. The first-order chi connectivity index (χ1) is 8.52. The van der Waals surface area contributed by atoms with E-state index in [1.807, 2.05) is 6.92 Å². The van der Waals surface area contributed by atoms with E-state index in [9.17, 15) is 4.79 Å². The van der Waals surface area contributed by atoms with Crippen LogP contribution in [0.4, 0.5) is 0 Å². The summed E-state index contributed by atoms with van der Waals surface area (Å²) in [7, 11) is 2.34. The van der Waals surface area contributed by atoms with Crippen LogP contribution in [0.5, 0.6) is 0 Å². The van der Waals surface area contributed by atoms with E-state index in [0.717, 1.165) is 24.6 Å². The molecule has 1 fully saturated rings. The zero-order chi connectivity index (χ0) is 13.6. The summed E-state index contributed by atoms with van der Waals surface area (Å²) < 4.78 is 20.9. The van der Waals surface area contributed by atoms with Crippen molar-refractivity contribution in [3.63, 3.8) is 0 Å². The molecule has 1 saturated heterocycles. The molecular weight excluding hydrogens is 272 g/mol. The number of hydrogen-bond donors (Lipinski definition) is 0. The summed E-state index contributed by atoms with van der Waals surface area (Å²) >= 11 is 1.63. The molecule has 0 saturated carbocycles. The van der Waals surface area contributed by atoms with Gasteiger partial charge in [0.1, 0.15) is 4.75 Å². The Morgan fingerprint density at radius 2 is 1.78 bits per heavy atom. The van der Waals surface area contributed by atoms with E-state index in [4.69, 9.17) is 18.0 Å². The number of esters is 1. The van der Waals surface area contributed by atoms with Gasteiger partial charge in [-0.1, -0.05) is 0 Å². The fraction of sp³-hybridized carbons (Fsp3) is 0.909. The van der Waals surface area contributed by atoms with E-state index < -0.39 is 8.80 Å². The number of thioether (sulfide) groups is 1. The van der Waals surface area contributed by atoms with Crippen molar-refractivity contribution < 1.29 is 22.8 Å². The highest BCUT2D eigenvalue weighted by Crippen LogP contribution is 2.44. The summed E-state index contributed by atoms with van der Waals surface area (Å²) in [5.41, 5.74) is 0. The average molecular weight is 294 g/mol. The fourth-order valence-electron chi connectivity index (χ4n) is 1.54. The predicted molar refractivity (Wildman–Crippen MR) is 72.6 cm³/mol. The predicted octanol–water partition coefficient (Wildman–Crippen LogP) is 1.69. The Hall–Kier alpha value is -0.0831.